The summed E-state index contributed by atoms with van der Waals surface area (Å²) in [6, 6.07) is 6.67. The summed E-state index contributed by atoms with van der Waals surface area (Å²) >= 11 is 9.45. The minimum atomic E-state index is -3.76. The van der Waals surface area contributed by atoms with Crippen LogP contribution in [0.3, 0.4) is 0 Å². The zero-order valence-electron chi connectivity index (χ0n) is 15.2. The van der Waals surface area contributed by atoms with E-state index in [9.17, 15) is 21.6 Å². The first-order valence-corrected chi connectivity index (χ1v) is 13.3. The van der Waals surface area contributed by atoms with Gasteiger partial charge < -0.3 is 4.90 Å². The molecule has 1 amide bonds. The summed E-state index contributed by atoms with van der Waals surface area (Å²) in [6.45, 7) is 0.118. The second kappa shape index (κ2) is 8.29. The lowest BCUT2D eigenvalue weighted by Crippen LogP contribution is -2.41. The van der Waals surface area contributed by atoms with E-state index in [2.05, 4.69) is 25.9 Å². The van der Waals surface area contributed by atoms with Crippen LogP contribution in [0.1, 0.15) is 22.5 Å². The molecule has 2 aromatic rings. The molecular weight excluding hydrogens is 506 g/mol. The summed E-state index contributed by atoms with van der Waals surface area (Å²) in [4.78, 5) is 22.2. The highest BCUT2D eigenvalue weighted by atomic mass is 79.9. The lowest BCUT2D eigenvalue weighted by atomic mass is 10.1. The average Bonchev–Trinajstić information content (AvgIpc) is 2.98. The topological polar surface area (TPSA) is 114 Å². The molecule has 1 aliphatic rings. The van der Waals surface area contributed by atoms with E-state index >= 15 is 0 Å². The molecule has 0 aliphatic carbocycles. The minimum Gasteiger partial charge on any atom is -0.329 e. The Morgan fingerprint density at radius 1 is 1.38 bits per heavy atom. The van der Waals surface area contributed by atoms with Crippen molar-refractivity contribution >= 4 is 53.1 Å². The predicted octanol–water partition coefficient (Wildman–Crippen LogP) is 2.13. The van der Waals surface area contributed by atoms with Crippen LogP contribution < -0.4 is 0 Å². The highest BCUT2D eigenvalue weighted by Crippen LogP contribution is 2.25. The molecule has 1 aliphatic heterocycles. The van der Waals surface area contributed by atoms with E-state index in [0.717, 1.165) is 22.5 Å². The Kier molecular flexibility index (Phi) is 6.32. The number of rotatable bonds is 5. The van der Waals surface area contributed by atoms with Crippen LogP contribution in [0.2, 0.25) is 5.02 Å². The smallest absolute Gasteiger partial charge is 0.274 e. The third-order valence-corrected chi connectivity index (χ3v) is 7.79. The van der Waals surface area contributed by atoms with Gasteiger partial charge in [0.15, 0.2) is 15.5 Å². The summed E-state index contributed by atoms with van der Waals surface area (Å²) in [7, 11) is -7.02. The van der Waals surface area contributed by atoms with Crippen molar-refractivity contribution in [3.05, 3.63) is 51.2 Å². The van der Waals surface area contributed by atoms with Crippen molar-refractivity contribution < 1.29 is 21.6 Å². The molecule has 1 saturated heterocycles. The van der Waals surface area contributed by atoms with Gasteiger partial charge in [-0.25, -0.2) is 26.8 Å². The zero-order chi connectivity index (χ0) is 21.4. The van der Waals surface area contributed by atoms with E-state index in [0.29, 0.717) is 0 Å². The van der Waals surface area contributed by atoms with Gasteiger partial charge in [0.25, 0.3) is 5.91 Å². The number of halogens is 2. The van der Waals surface area contributed by atoms with Crippen molar-refractivity contribution in [2.75, 3.05) is 17.8 Å². The molecular formula is C17H17BrClN3O5S2. The van der Waals surface area contributed by atoms with Crippen molar-refractivity contribution in [1.82, 2.24) is 14.9 Å². The van der Waals surface area contributed by atoms with Crippen molar-refractivity contribution in [3.63, 3.8) is 0 Å². The standard InChI is InChI=1S/C17H17BrClN3O5S2/c1-28(24,25)17-20-8-14(19)15(21-17)16(23)22(13-5-6-29(26,27)10-13)9-11-3-2-4-12(18)7-11/h2-4,7-8,13H,5-6,9-10H2,1H3. The van der Waals surface area contributed by atoms with Crippen molar-refractivity contribution in [1.29, 1.82) is 0 Å². The number of sulfone groups is 2. The van der Waals surface area contributed by atoms with Gasteiger partial charge in [0, 0.05) is 23.3 Å². The molecule has 12 heteroatoms. The number of carbonyl (C=O) groups excluding carboxylic acids is 1. The van der Waals surface area contributed by atoms with Crippen molar-refractivity contribution in [2.24, 2.45) is 0 Å². The molecule has 1 aromatic heterocycles. The van der Waals surface area contributed by atoms with Crippen LogP contribution in [0.25, 0.3) is 0 Å². The number of aromatic nitrogens is 2. The third kappa shape index (κ3) is 5.33. The highest BCUT2D eigenvalue weighted by Gasteiger charge is 2.36. The molecule has 1 fully saturated rings. The van der Waals surface area contributed by atoms with Crippen LogP contribution >= 0.6 is 27.5 Å². The number of amides is 1. The number of hydrogen-bond donors (Lipinski definition) is 0. The fourth-order valence-electron chi connectivity index (χ4n) is 3.04. The van der Waals surface area contributed by atoms with Crippen LogP contribution in [0.15, 0.2) is 40.1 Å². The molecule has 29 heavy (non-hydrogen) atoms. The molecule has 1 atom stereocenters. The van der Waals surface area contributed by atoms with Crippen LogP contribution in [-0.4, -0.2) is 61.4 Å². The van der Waals surface area contributed by atoms with E-state index < -0.39 is 36.8 Å². The van der Waals surface area contributed by atoms with E-state index in [1.165, 1.54) is 4.90 Å². The monoisotopic (exact) mass is 521 g/mol. The number of benzene rings is 1. The van der Waals surface area contributed by atoms with Gasteiger partial charge >= 0.3 is 0 Å². The fraction of sp³-hybridized carbons (Fsp3) is 0.353. The first kappa shape index (κ1) is 22.1. The summed E-state index contributed by atoms with van der Waals surface area (Å²) in [5.74, 6) is -0.843. The second-order valence-corrected chi connectivity index (χ2v) is 12.2. The third-order valence-electron chi connectivity index (χ3n) is 4.41. The van der Waals surface area contributed by atoms with E-state index in [1.807, 2.05) is 12.1 Å². The molecule has 0 bridgehead atoms. The molecule has 0 radical (unpaired) electrons. The molecule has 1 aromatic carbocycles. The number of hydrogen-bond acceptors (Lipinski definition) is 7. The van der Waals surface area contributed by atoms with Crippen LogP contribution in [0, 0.1) is 0 Å². The quantitative estimate of drug-likeness (QED) is 0.553. The molecule has 156 valence electrons. The molecule has 3 rings (SSSR count). The Morgan fingerprint density at radius 3 is 2.69 bits per heavy atom. The van der Waals surface area contributed by atoms with E-state index in [-0.39, 0.29) is 35.2 Å². The Balaban J connectivity index is 2.03. The lowest BCUT2D eigenvalue weighted by molar-refractivity contribution is 0.0674. The maximum atomic E-state index is 13.3. The van der Waals surface area contributed by atoms with Gasteiger partial charge in [-0.3, -0.25) is 4.79 Å². The van der Waals surface area contributed by atoms with Gasteiger partial charge in [0.1, 0.15) is 0 Å². The summed E-state index contributed by atoms with van der Waals surface area (Å²) in [5, 5.41) is -0.630. The fourth-order valence-corrected chi connectivity index (χ4v) is 5.89. The van der Waals surface area contributed by atoms with Gasteiger partial charge in [0.05, 0.1) is 22.7 Å². The van der Waals surface area contributed by atoms with Gasteiger partial charge in [-0.1, -0.05) is 39.7 Å². The lowest BCUT2D eigenvalue weighted by Gasteiger charge is -2.28. The van der Waals surface area contributed by atoms with Crippen LogP contribution in [0.4, 0.5) is 0 Å². The first-order valence-electron chi connectivity index (χ1n) is 8.45. The van der Waals surface area contributed by atoms with E-state index in [4.69, 9.17) is 11.6 Å². The van der Waals surface area contributed by atoms with Crippen LogP contribution in [0.5, 0.6) is 0 Å². The Bertz CT molecular complexity index is 1170. The summed E-state index contributed by atoms with van der Waals surface area (Å²) in [5.41, 5.74) is 0.493. The SMILES string of the molecule is CS(=O)(=O)c1ncc(Cl)c(C(=O)N(Cc2cccc(Br)c2)C2CCS(=O)(=O)C2)n1. The molecule has 0 spiro atoms. The molecule has 1 unspecified atom stereocenters. The second-order valence-electron chi connectivity index (χ2n) is 6.74. The summed E-state index contributed by atoms with van der Waals surface area (Å²) in [6.07, 6.45) is 2.26. The van der Waals surface area contributed by atoms with Gasteiger partial charge in [-0.05, 0) is 24.1 Å². The Morgan fingerprint density at radius 2 is 2.10 bits per heavy atom. The normalized spacial score (nSPS) is 18.5. The largest absolute Gasteiger partial charge is 0.329 e. The Hall–Kier alpha value is -1.56. The van der Waals surface area contributed by atoms with Crippen molar-refractivity contribution in [2.45, 2.75) is 24.2 Å². The molecule has 0 N–H and O–H groups in total. The number of carbonyl (C=O) groups is 1. The number of nitrogens with zero attached hydrogens (tertiary/aromatic N) is 3. The maximum Gasteiger partial charge on any atom is 0.274 e. The average molecular weight is 523 g/mol. The summed E-state index contributed by atoms with van der Waals surface area (Å²) < 4.78 is 48.3. The molecule has 2 heterocycles. The van der Waals surface area contributed by atoms with Gasteiger partial charge in [0.2, 0.25) is 15.0 Å². The minimum absolute atomic E-state index is 0.0218. The first-order chi connectivity index (χ1) is 13.5. The molecule has 0 saturated carbocycles. The van der Waals surface area contributed by atoms with E-state index in [1.54, 1.807) is 12.1 Å². The zero-order valence-corrected chi connectivity index (χ0v) is 19.2. The Labute approximate surface area is 182 Å². The maximum absolute atomic E-state index is 13.3. The van der Waals surface area contributed by atoms with Crippen molar-refractivity contribution in [3.8, 4) is 0 Å². The van der Waals surface area contributed by atoms with Gasteiger partial charge in [-0.2, -0.15) is 0 Å². The van der Waals surface area contributed by atoms with Crippen LogP contribution in [-0.2, 0) is 26.2 Å². The highest BCUT2D eigenvalue weighted by molar-refractivity contribution is 9.10. The van der Waals surface area contributed by atoms with Gasteiger partial charge in [-0.15, -0.1) is 0 Å². The molecule has 8 nitrogen and oxygen atoms in total. The predicted molar refractivity (Wildman–Crippen MR) is 111 cm³/mol.